The number of nitrogens with two attached hydrogens (primary N) is 1. The summed E-state index contributed by atoms with van der Waals surface area (Å²) in [6, 6.07) is 14.7. The Morgan fingerprint density at radius 1 is 1.14 bits per heavy atom. The van der Waals surface area contributed by atoms with E-state index in [0.29, 0.717) is 47.4 Å². The van der Waals surface area contributed by atoms with Crippen LogP contribution < -0.4 is 20.5 Å². The summed E-state index contributed by atoms with van der Waals surface area (Å²) in [7, 11) is 1.58. The van der Waals surface area contributed by atoms with E-state index in [4.69, 9.17) is 15.2 Å². The smallest absolute Gasteiger partial charge is 0.284 e. The Bertz CT molecular complexity index is 1400. The van der Waals surface area contributed by atoms with Crippen molar-refractivity contribution in [2.75, 3.05) is 31.3 Å². The normalized spacial score (nSPS) is 12.6. The predicted molar refractivity (Wildman–Crippen MR) is 142 cm³/mol. The fourth-order valence-electron chi connectivity index (χ4n) is 3.88. The van der Waals surface area contributed by atoms with Crippen LogP contribution in [0.5, 0.6) is 11.5 Å². The third kappa shape index (κ3) is 5.19. The number of hydrogen-bond donors (Lipinski definition) is 2. The number of amides is 2. The molecule has 8 nitrogen and oxygen atoms in total. The van der Waals surface area contributed by atoms with E-state index in [1.165, 1.54) is 11.3 Å². The lowest BCUT2D eigenvalue weighted by atomic mass is 10.1. The van der Waals surface area contributed by atoms with Gasteiger partial charge in [-0.1, -0.05) is 12.1 Å². The van der Waals surface area contributed by atoms with Gasteiger partial charge in [-0.15, -0.1) is 11.3 Å². The van der Waals surface area contributed by atoms with Crippen molar-refractivity contribution in [1.29, 1.82) is 0 Å². The molecule has 36 heavy (non-hydrogen) atoms. The summed E-state index contributed by atoms with van der Waals surface area (Å²) < 4.78 is 10.8. The van der Waals surface area contributed by atoms with Crippen molar-refractivity contribution in [3.8, 4) is 22.6 Å². The summed E-state index contributed by atoms with van der Waals surface area (Å²) in [5.41, 5.74) is 10.0. The van der Waals surface area contributed by atoms with Gasteiger partial charge in [0.15, 0.2) is 11.6 Å². The Morgan fingerprint density at radius 2 is 2.00 bits per heavy atom. The van der Waals surface area contributed by atoms with Crippen LogP contribution in [0.2, 0.25) is 0 Å². The van der Waals surface area contributed by atoms with Crippen molar-refractivity contribution >= 4 is 45.9 Å². The van der Waals surface area contributed by atoms with Crippen LogP contribution in [-0.4, -0.2) is 42.0 Å². The second kappa shape index (κ2) is 10.4. The summed E-state index contributed by atoms with van der Waals surface area (Å²) in [6.45, 7) is 0.846. The monoisotopic (exact) mass is 520 g/mol. The molecule has 0 unspecified atom stereocenters. The standard InChI is InChI=1S/C26H24N4O4S2/c1-33-18-3-2-4-19(12-18)34-14-24(31)30-9-7-21-23(13-30)36-26(29-21)25(32)28-22-11-16(5-6-20(22)27)17-8-10-35-15-17/h2-6,8,10-12,15H,7,9,13-14,27H2,1H3,(H,28,32). The first-order valence-corrected chi connectivity index (χ1v) is 13.0. The molecule has 0 bridgehead atoms. The maximum atomic E-state index is 13.0. The molecule has 3 heterocycles. The van der Waals surface area contributed by atoms with Crippen molar-refractivity contribution in [1.82, 2.24) is 9.88 Å². The van der Waals surface area contributed by atoms with E-state index in [-0.39, 0.29) is 18.4 Å². The van der Waals surface area contributed by atoms with E-state index in [1.807, 2.05) is 41.1 Å². The number of aromatic nitrogens is 1. The number of hydrogen-bond acceptors (Lipinski definition) is 8. The number of nitrogen functional groups attached to an aromatic ring is 1. The summed E-state index contributed by atoms with van der Waals surface area (Å²) in [5, 5.41) is 7.29. The second-order valence-electron chi connectivity index (χ2n) is 8.19. The highest BCUT2D eigenvalue weighted by molar-refractivity contribution is 7.13. The summed E-state index contributed by atoms with van der Waals surface area (Å²) in [4.78, 5) is 32.9. The molecule has 0 saturated heterocycles. The van der Waals surface area contributed by atoms with Crippen molar-refractivity contribution < 1.29 is 19.1 Å². The maximum absolute atomic E-state index is 13.0. The topological polar surface area (TPSA) is 107 Å². The van der Waals surface area contributed by atoms with E-state index in [0.717, 1.165) is 21.7 Å². The quantitative estimate of drug-likeness (QED) is 0.343. The summed E-state index contributed by atoms with van der Waals surface area (Å²) in [5.74, 6) is 0.793. The largest absolute Gasteiger partial charge is 0.497 e. The number of fused-ring (bicyclic) bond motifs is 1. The first-order valence-electron chi connectivity index (χ1n) is 11.3. The van der Waals surface area contributed by atoms with Crippen LogP contribution in [0.15, 0.2) is 59.3 Å². The van der Waals surface area contributed by atoms with E-state index in [1.54, 1.807) is 41.5 Å². The Balaban J connectivity index is 1.23. The molecular formula is C26H24N4O4S2. The minimum absolute atomic E-state index is 0.0750. The molecule has 1 aliphatic heterocycles. The maximum Gasteiger partial charge on any atom is 0.284 e. The van der Waals surface area contributed by atoms with Crippen molar-refractivity contribution in [3.05, 3.63) is 74.9 Å². The average Bonchev–Trinajstić information content (AvgIpc) is 3.59. The number of anilines is 2. The van der Waals surface area contributed by atoms with Crippen molar-refractivity contribution in [3.63, 3.8) is 0 Å². The number of nitrogens with one attached hydrogen (secondary N) is 1. The Labute approximate surface area is 216 Å². The first-order chi connectivity index (χ1) is 17.5. The predicted octanol–water partition coefficient (Wildman–Crippen LogP) is 4.68. The molecule has 3 N–H and O–H groups in total. The van der Waals surface area contributed by atoms with E-state index < -0.39 is 0 Å². The number of benzene rings is 2. The molecule has 10 heteroatoms. The first kappa shape index (κ1) is 23.8. The van der Waals surface area contributed by atoms with Gasteiger partial charge in [0.1, 0.15) is 11.5 Å². The van der Waals surface area contributed by atoms with E-state index in [9.17, 15) is 9.59 Å². The molecule has 0 fully saturated rings. The zero-order chi connectivity index (χ0) is 25.1. The van der Waals surface area contributed by atoms with E-state index >= 15 is 0 Å². The lowest BCUT2D eigenvalue weighted by Crippen LogP contribution is -2.38. The van der Waals surface area contributed by atoms with Gasteiger partial charge in [-0.25, -0.2) is 4.98 Å². The number of nitrogens with zero attached hydrogens (tertiary/aromatic N) is 2. The van der Waals surface area contributed by atoms with Crippen LogP contribution >= 0.6 is 22.7 Å². The minimum atomic E-state index is -0.317. The molecule has 0 aliphatic carbocycles. The number of carbonyl (C=O) groups is 2. The van der Waals surface area contributed by atoms with Gasteiger partial charge in [0, 0.05) is 23.9 Å². The minimum Gasteiger partial charge on any atom is -0.497 e. The highest BCUT2D eigenvalue weighted by Gasteiger charge is 2.26. The SMILES string of the molecule is COc1cccc(OCC(=O)N2CCc3nc(C(=O)Nc4cc(-c5ccsc5)ccc4N)sc3C2)c1. The zero-order valence-corrected chi connectivity index (χ0v) is 21.2. The molecule has 0 saturated carbocycles. The summed E-state index contributed by atoms with van der Waals surface area (Å²) >= 11 is 2.91. The number of thiophene rings is 1. The number of carbonyl (C=O) groups excluding carboxylic acids is 2. The molecule has 0 spiro atoms. The Hall–Kier alpha value is -3.89. The molecule has 0 radical (unpaired) electrons. The van der Waals surface area contributed by atoms with Crippen LogP contribution in [-0.2, 0) is 17.8 Å². The third-order valence-electron chi connectivity index (χ3n) is 5.84. The van der Waals surface area contributed by atoms with E-state index in [2.05, 4.69) is 10.3 Å². The fraction of sp³-hybridized carbons (Fsp3) is 0.192. The van der Waals surface area contributed by atoms with Gasteiger partial charge in [0.25, 0.3) is 11.8 Å². The lowest BCUT2D eigenvalue weighted by molar-refractivity contribution is -0.134. The molecule has 4 aromatic rings. The third-order valence-corrected chi connectivity index (χ3v) is 7.60. The number of rotatable bonds is 7. The average molecular weight is 521 g/mol. The number of thiazole rings is 1. The van der Waals surface area contributed by atoms with Crippen molar-refractivity contribution in [2.45, 2.75) is 13.0 Å². The molecule has 0 atom stereocenters. The van der Waals surface area contributed by atoms with Gasteiger partial charge in [0.05, 0.1) is 30.7 Å². The second-order valence-corrected chi connectivity index (χ2v) is 10.1. The van der Waals surface area contributed by atoms with Crippen molar-refractivity contribution in [2.24, 2.45) is 0 Å². The Kier molecular flexibility index (Phi) is 6.88. The van der Waals surface area contributed by atoms with Gasteiger partial charge >= 0.3 is 0 Å². The molecule has 1 aliphatic rings. The number of ether oxygens (including phenoxy) is 2. The van der Waals surface area contributed by atoms with Crippen LogP contribution in [0.4, 0.5) is 11.4 Å². The molecular weight excluding hydrogens is 496 g/mol. The molecule has 184 valence electrons. The molecule has 2 amide bonds. The Morgan fingerprint density at radius 3 is 2.81 bits per heavy atom. The highest BCUT2D eigenvalue weighted by atomic mass is 32.1. The summed E-state index contributed by atoms with van der Waals surface area (Å²) in [6.07, 6.45) is 0.583. The van der Waals surface area contributed by atoms with Crippen LogP contribution in [0.3, 0.4) is 0 Å². The van der Waals surface area contributed by atoms with Crippen LogP contribution in [0.1, 0.15) is 20.4 Å². The van der Waals surface area contributed by atoms with Crippen LogP contribution in [0, 0.1) is 0 Å². The molecule has 2 aromatic heterocycles. The highest BCUT2D eigenvalue weighted by Crippen LogP contribution is 2.30. The van der Waals surface area contributed by atoms with Gasteiger partial charge in [-0.2, -0.15) is 11.3 Å². The lowest BCUT2D eigenvalue weighted by Gasteiger charge is -2.26. The zero-order valence-electron chi connectivity index (χ0n) is 19.5. The molecule has 5 rings (SSSR count). The van der Waals surface area contributed by atoms with Gasteiger partial charge in [-0.05, 0) is 52.2 Å². The number of methoxy groups -OCH3 is 1. The fourth-order valence-corrected chi connectivity index (χ4v) is 5.57. The van der Waals surface area contributed by atoms with Crippen LogP contribution in [0.25, 0.3) is 11.1 Å². The van der Waals surface area contributed by atoms with Gasteiger partial charge < -0.3 is 25.4 Å². The van der Waals surface area contributed by atoms with Gasteiger partial charge in [-0.3, -0.25) is 9.59 Å². The van der Waals surface area contributed by atoms with Gasteiger partial charge in [0.2, 0.25) is 0 Å². The molecule has 2 aromatic carbocycles.